The lowest BCUT2D eigenvalue weighted by Crippen LogP contribution is -2.39. The Morgan fingerprint density at radius 1 is 0.939 bits per heavy atom. The van der Waals surface area contributed by atoms with E-state index >= 15 is 0 Å². The van der Waals surface area contributed by atoms with Gasteiger partial charge in [0, 0.05) is 36.7 Å². The van der Waals surface area contributed by atoms with Crippen molar-refractivity contribution < 1.29 is 9.59 Å². The first-order valence-corrected chi connectivity index (χ1v) is 11.9. The molecule has 4 heteroatoms. The van der Waals surface area contributed by atoms with Crippen molar-refractivity contribution in [3.05, 3.63) is 106 Å². The van der Waals surface area contributed by atoms with Gasteiger partial charge in [0.2, 0.25) is 0 Å². The van der Waals surface area contributed by atoms with Crippen LogP contribution in [0.1, 0.15) is 68.7 Å². The highest BCUT2D eigenvalue weighted by Gasteiger charge is 2.26. The Morgan fingerprint density at radius 2 is 1.67 bits per heavy atom. The fourth-order valence-corrected chi connectivity index (χ4v) is 4.42. The lowest BCUT2D eigenvalue weighted by atomic mass is 9.89. The molecule has 1 aliphatic rings. The van der Waals surface area contributed by atoms with Crippen molar-refractivity contribution in [2.45, 2.75) is 45.6 Å². The van der Waals surface area contributed by atoms with Crippen molar-refractivity contribution in [2.24, 2.45) is 0 Å². The molecule has 1 fully saturated rings. The maximum atomic E-state index is 13.0. The number of carbonyl (C=O) groups excluding carboxylic acids is 2. The molecule has 0 radical (unpaired) electrons. The second-order valence-electron chi connectivity index (χ2n) is 8.93. The molecule has 0 bridgehead atoms. The molecule has 0 spiro atoms. The Hall–Kier alpha value is -3.40. The van der Waals surface area contributed by atoms with Crippen LogP contribution in [0, 0.1) is 6.92 Å². The van der Waals surface area contributed by atoms with Crippen molar-refractivity contribution in [1.29, 1.82) is 0 Å². The largest absolute Gasteiger partial charge is 0.348 e. The van der Waals surface area contributed by atoms with Gasteiger partial charge in [-0.2, -0.15) is 0 Å². The van der Waals surface area contributed by atoms with E-state index in [1.807, 2.05) is 54.3 Å². The molecule has 1 heterocycles. The Labute approximate surface area is 196 Å². The highest BCUT2D eigenvalue weighted by Crippen LogP contribution is 2.28. The SMILES string of the molecule is CCc1ccc(CNC(=O)c2cccc(C3CCCN(C(=O)c4ccc(C)cc4)C3)c2)cc1. The van der Waals surface area contributed by atoms with Crippen LogP contribution >= 0.6 is 0 Å². The number of aryl methyl sites for hydroxylation is 2. The number of hydrogen-bond donors (Lipinski definition) is 1. The van der Waals surface area contributed by atoms with Crippen LogP contribution < -0.4 is 5.32 Å². The summed E-state index contributed by atoms with van der Waals surface area (Å²) in [5, 5.41) is 3.03. The molecular weight excluding hydrogens is 408 g/mol. The number of likely N-dealkylation sites (tertiary alicyclic amines) is 1. The smallest absolute Gasteiger partial charge is 0.253 e. The molecule has 1 N–H and O–H groups in total. The minimum atomic E-state index is -0.0696. The van der Waals surface area contributed by atoms with E-state index in [1.54, 1.807) is 0 Å². The average Bonchev–Trinajstić information content (AvgIpc) is 2.87. The van der Waals surface area contributed by atoms with Gasteiger partial charge < -0.3 is 10.2 Å². The van der Waals surface area contributed by atoms with Crippen LogP contribution in [-0.2, 0) is 13.0 Å². The topological polar surface area (TPSA) is 49.4 Å². The molecule has 1 saturated heterocycles. The molecule has 3 aromatic carbocycles. The Morgan fingerprint density at radius 3 is 2.39 bits per heavy atom. The summed E-state index contributed by atoms with van der Waals surface area (Å²) in [7, 11) is 0. The Bertz CT molecular complexity index is 1100. The van der Waals surface area contributed by atoms with Gasteiger partial charge in [0.1, 0.15) is 0 Å². The predicted molar refractivity (Wildman–Crippen MR) is 132 cm³/mol. The third kappa shape index (κ3) is 5.70. The quantitative estimate of drug-likeness (QED) is 0.550. The summed E-state index contributed by atoms with van der Waals surface area (Å²) < 4.78 is 0. The maximum absolute atomic E-state index is 13.0. The molecule has 1 aliphatic heterocycles. The van der Waals surface area contributed by atoms with E-state index in [0.717, 1.165) is 48.1 Å². The van der Waals surface area contributed by atoms with Gasteiger partial charge in [0.05, 0.1) is 0 Å². The monoisotopic (exact) mass is 440 g/mol. The molecule has 0 aliphatic carbocycles. The molecule has 4 nitrogen and oxygen atoms in total. The molecule has 170 valence electrons. The fraction of sp³-hybridized carbons (Fsp3) is 0.310. The number of amides is 2. The highest BCUT2D eigenvalue weighted by molar-refractivity contribution is 5.95. The van der Waals surface area contributed by atoms with E-state index in [-0.39, 0.29) is 17.7 Å². The van der Waals surface area contributed by atoms with E-state index in [9.17, 15) is 9.59 Å². The predicted octanol–water partition coefficient (Wildman–Crippen LogP) is 5.51. The van der Waals surface area contributed by atoms with Crippen molar-refractivity contribution in [2.75, 3.05) is 13.1 Å². The lowest BCUT2D eigenvalue weighted by molar-refractivity contribution is 0.0706. The third-order valence-corrected chi connectivity index (χ3v) is 6.51. The van der Waals surface area contributed by atoms with Crippen LogP contribution in [0.3, 0.4) is 0 Å². The number of rotatable bonds is 6. The summed E-state index contributed by atoms with van der Waals surface area (Å²) in [5.41, 5.74) is 6.06. The second kappa shape index (κ2) is 10.5. The van der Waals surface area contributed by atoms with Gasteiger partial charge in [0.15, 0.2) is 0 Å². The molecule has 33 heavy (non-hydrogen) atoms. The molecule has 4 rings (SSSR count). The van der Waals surface area contributed by atoms with Crippen LogP contribution in [0.25, 0.3) is 0 Å². The molecule has 2 amide bonds. The maximum Gasteiger partial charge on any atom is 0.253 e. The highest BCUT2D eigenvalue weighted by atomic mass is 16.2. The van der Waals surface area contributed by atoms with E-state index in [1.165, 1.54) is 5.56 Å². The van der Waals surface area contributed by atoms with Crippen LogP contribution in [0.15, 0.2) is 72.8 Å². The van der Waals surface area contributed by atoms with Gasteiger partial charge in [-0.15, -0.1) is 0 Å². The number of nitrogens with zero attached hydrogens (tertiary/aromatic N) is 1. The minimum absolute atomic E-state index is 0.0696. The van der Waals surface area contributed by atoms with Gasteiger partial charge in [-0.05, 0) is 67.1 Å². The first-order valence-electron chi connectivity index (χ1n) is 11.9. The van der Waals surface area contributed by atoms with E-state index in [4.69, 9.17) is 0 Å². The molecule has 3 aromatic rings. The summed E-state index contributed by atoms with van der Waals surface area (Å²) in [6.07, 6.45) is 2.99. The molecule has 0 aromatic heterocycles. The Kier molecular flexibility index (Phi) is 7.23. The van der Waals surface area contributed by atoms with E-state index in [2.05, 4.69) is 42.6 Å². The number of carbonyl (C=O) groups is 2. The first-order chi connectivity index (χ1) is 16.0. The van der Waals surface area contributed by atoms with Crippen molar-refractivity contribution in [1.82, 2.24) is 10.2 Å². The molecular formula is C29H32N2O2. The molecule has 1 unspecified atom stereocenters. The zero-order valence-electron chi connectivity index (χ0n) is 19.5. The standard InChI is InChI=1S/C29H32N2O2/c1-3-22-11-13-23(14-12-22)19-30-28(32)26-7-4-6-25(18-26)27-8-5-17-31(20-27)29(33)24-15-9-21(2)10-16-24/h4,6-7,9-16,18,27H,3,5,8,17,19-20H2,1-2H3,(H,30,32). The van der Waals surface area contributed by atoms with Crippen molar-refractivity contribution in [3.8, 4) is 0 Å². The summed E-state index contributed by atoms with van der Waals surface area (Å²) in [5.74, 6) is 0.255. The summed E-state index contributed by atoms with van der Waals surface area (Å²) in [6.45, 7) is 6.13. The van der Waals surface area contributed by atoms with Crippen LogP contribution in [-0.4, -0.2) is 29.8 Å². The zero-order valence-corrected chi connectivity index (χ0v) is 19.5. The van der Waals surface area contributed by atoms with Gasteiger partial charge >= 0.3 is 0 Å². The summed E-state index contributed by atoms with van der Waals surface area (Å²) >= 11 is 0. The number of hydrogen-bond acceptors (Lipinski definition) is 2. The first kappa shape index (κ1) is 22.8. The van der Waals surface area contributed by atoms with Gasteiger partial charge in [-0.3, -0.25) is 9.59 Å². The second-order valence-corrected chi connectivity index (χ2v) is 8.93. The van der Waals surface area contributed by atoms with Crippen molar-refractivity contribution in [3.63, 3.8) is 0 Å². The van der Waals surface area contributed by atoms with E-state index in [0.29, 0.717) is 18.7 Å². The number of nitrogens with one attached hydrogen (secondary N) is 1. The summed E-state index contributed by atoms with van der Waals surface area (Å²) in [6, 6.07) is 24.0. The number of piperidine rings is 1. The number of benzene rings is 3. The van der Waals surface area contributed by atoms with Crippen molar-refractivity contribution >= 4 is 11.8 Å². The van der Waals surface area contributed by atoms with Gasteiger partial charge in [-0.1, -0.05) is 61.0 Å². The molecule has 0 saturated carbocycles. The van der Waals surface area contributed by atoms with Crippen LogP contribution in [0.2, 0.25) is 0 Å². The van der Waals surface area contributed by atoms with E-state index < -0.39 is 0 Å². The van der Waals surface area contributed by atoms with Crippen LogP contribution in [0.5, 0.6) is 0 Å². The average molecular weight is 441 g/mol. The summed E-state index contributed by atoms with van der Waals surface area (Å²) in [4.78, 5) is 27.7. The Balaban J connectivity index is 1.40. The third-order valence-electron chi connectivity index (χ3n) is 6.51. The van der Waals surface area contributed by atoms with Crippen LogP contribution in [0.4, 0.5) is 0 Å². The van der Waals surface area contributed by atoms with Gasteiger partial charge in [0.25, 0.3) is 11.8 Å². The molecule has 1 atom stereocenters. The van der Waals surface area contributed by atoms with Gasteiger partial charge in [-0.25, -0.2) is 0 Å². The normalized spacial score (nSPS) is 15.8. The zero-order chi connectivity index (χ0) is 23.2. The fourth-order valence-electron chi connectivity index (χ4n) is 4.42. The minimum Gasteiger partial charge on any atom is -0.348 e. The lowest BCUT2D eigenvalue weighted by Gasteiger charge is -2.33.